The number of aromatic nitrogens is 2. The van der Waals surface area contributed by atoms with Crippen molar-refractivity contribution >= 4 is 23.6 Å². The second-order valence-corrected chi connectivity index (χ2v) is 6.05. The van der Waals surface area contributed by atoms with Gasteiger partial charge in [0.1, 0.15) is 6.54 Å². The summed E-state index contributed by atoms with van der Waals surface area (Å²) in [5.74, 6) is 0.751. The number of amides is 1. The lowest BCUT2D eigenvalue weighted by molar-refractivity contribution is -0.126. The van der Waals surface area contributed by atoms with E-state index in [4.69, 9.17) is 16.1 Å². The van der Waals surface area contributed by atoms with Gasteiger partial charge in [-0.25, -0.2) is 0 Å². The molecule has 3 rings (SSSR count). The molecule has 26 heavy (non-hydrogen) atoms. The van der Waals surface area contributed by atoms with Gasteiger partial charge in [-0.05, 0) is 42.8 Å². The maximum absolute atomic E-state index is 12.4. The van der Waals surface area contributed by atoms with E-state index in [1.165, 1.54) is 0 Å². The van der Waals surface area contributed by atoms with Crippen LogP contribution < -0.4 is 0 Å². The van der Waals surface area contributed by atoms with E-state index in [9.17, 15) is 4.79 Å². The summed E-state index contributed by atoms with van der Waals surface area (Å²) >= 11 is 5.89. The van der Waals surface area contributed by atoms with Crippen LogP contribution >= 0.6 is 11.6 Å². The van der Waals surface area contributed by atoms with Gasteiger partial charge < -0.3 is 9.42 Å². The molecule has 6 heteroatoms. The number of hydrogen-bond acceptors (Lipinski definition) is 4. The molecule has 0 fully saturated rings. The molecule has 0 aliphatic heterocycles. The number of carbonyl (C=O) groups excluding carboxylic acids is 1. The van der Waals surface area contributed by atoms with Gasteiger partial charge >= 0.3 is 0 Å². The van der Waals surface area contributed by atoms with Gasteiger partial charge in [-0.1, -0.05) is 47.1 Å². The number of halogens is 1. The predicted octanol–water partition coefficient (Wildman–Crippen LogP) is 4.45. The molecule has 0 saturated heterocycles. The Balaban J connectivity index is 1.67. The molecule has 0 bridgehead atoms. The van der Waals surface area contributed by atoms with Crippen LogP contribution in [-0.2, 0) is 11.3 Å². The van der Waals surface area contributed by atoms with E-state index in [1.807, 2.05) is 49.4 Å². The van der Waals surface area contributed by atoms with Crippen molar-refractivity contribution in [2.75, 3.05) is 6.54 Å². The van der Waals surface area contributed by atoms with Crippen LogP contribution in [0, 0.1) is 0 Å². The highest BCUT2D eigenvalue weighted by atomic mass is 35.5. The summed E-state index contributed by atoms with van der Waals surface area (Å²) in [6, 6.07) is 16.9. The van der Waals surface area contributed by atoms with Crippen molar-refractivity contribution in [3.63, 3.8) is 0 Å². The van der Waals surface area contributed by atoms with Crippen LogP contribution in [0.4, 0.5) is 0 Å². The summed E-state index contributed by atoms with van der Waals surface area (Å²) in [4.78, 5) is 18.4. The maximum Gasteiger partial charge on any atom is 0.247 e. The standard InChI is InChI=1S/C20H18ClN3O2/c1-2-24(19(25)13-8-15-6-4-3-5-7-15)14-18-22-20(23-26-18)16-9-11-17(21)12-10-16/h3-13H,2,14H2,1H3/b13-8+. The Morgan fingerprint density at radius 2 is 1.88 bits per heavy atom. The minimum Gasteiger partial charge on any atom is -0.337 e. The molecule has 132 valence electrons. The van der Waals surface area contributed by atoms with E-state index < -0.39 is 0 Å². The summed E-state index contributed by atoms with van der Waals surface area (Å²) in [7, 11) is 0. The molecule has 0 aliphatic rings. The second kappa shape index (κ2) is 8.45. The average molecular weight is 368 g/mol. The fourth-order valence-electron chi connectivity index (χ4n) is 2.38. The molecule has 0 saturated carbocycles. The molecule has 0 N–H and O–H groups in total. The first-order valence-corrected chi connectivity index (χ1v) is 8.64. The Morgan fingerprint density at radius 3 is 2.58 bits per heavy atom. The first kappa shape index (κ1) is 17.9. The summed E-state index contributed by atoms with van der Waals surface area (Å²) in [5, 5.41) is 4.62. The van der Waals surface area contributed by atoms with Gasteiger partial charge in [0.2, 0.25) is 17.6 Å². The van der Waals surface area contributed by atoms with Crippen molar-refractivity contribution in [1.82, 2.24) is 15.0 Å². The SMILES string of the molecule is CCN(Cc1nc(-c2ccc(Cl)cc2)no1)C(=O)/C=C/c1ccccc1. The van der Waals surface area contributed by atoms with Crippen molar-refractivity contribution in [1.29, 1.82) is 0 Å². The summed E-state index contributed by atoms with van der Waals surface area (Å²) < 4.78 is 5.28. The third-order valence-corrected chi connectivity index (χ3v) is 4.06. The number of hydrogen-bond donors (Lipinski definition) is 0. The molecule has 0 atom stereocenters. The van der Waals surface area contributed by atoms with Gasteiger partial charge in [0, 0.05) is 23.2 Å². The smallest absolute Gasteiger partial charge is 0.247 e. The summed E-state index contributed by atoms with van der Waals surface area (Å²) in [6.45, 7) is 2.70. The number of benzene rings is 2. The van der Waals surface area contributed by atoms with Crippen LogP contribution in [0.15, 0.2) is 65.2 Å². The molecule has 0 aliphatic carbocycles. The van der Waals surface area contributed by atoms with E-state index in [0.717, 1.165) is 11.1 Å². The summed E-state index contributed by atoms with van der Waals surface area (Å²) in [6.07, 6.45) is 3.34. The highest BCUT2D eigenvalue weighted by Gasteiger charge is 2.15. The third kappa shape index (κ3) is 4.58. The first-order valence-electron chi connectivity index (χ1n) is 8.26. The van der Waals surface area contributed by atoms with Crippen LogP contribution in [0.5, 0.6) is 0 Å². The van der Waals surface area contributed by atoms with Gasteiger partial charge in [-0.2, -0.15) is 4.98 Å². The Hall–Kier alpha value is -2.92. The predicted molar refractivity (Wildman–Crippen MR) is 101 cm³/mol. The zero-order valence-electron chi connectivity index (χ0n) is 14.3. The number of likely N-dealkylation sites (N-methyl/N-ethyl adjacent to an activating group) is 1. The monoisotopic (exact) mass is 367 g/mol. The van der Waals surface area contributed by atoms with Crippen molar-refractivity contribution in [3.8, 4) is 11.4 Å². The molecule has 1 amide bonds. The highest BCUT2D eigenvalue weighted by molar-refractivity contribution is 6.30. The second-order valence-electron chi connectivity index (χ2n) is 5.62. The lowest BCUT2D eigenvalue weighted by Crippen LogP contribution is -2.28. The molecule has 2 aromatic carbocycles. The number of rotatable bonds is 6. The van der Waals surface area contributed by atoms with Crippen LogP contribution in [0.25, 0.3) is 17.5 Å². The molecular formula is C20H18ClN3O2. The maximum atomic E-state index is 12.4. The molecule has 5 nitrogen and oxygen atoms in total. The summed E-state index contributed by atoms with van der Waals surface area (Å²) in [5.41, 5.74) is 1.78. The van der Waals surface area contributed by atoms with Crippen molar-refractivity contribution < 1.29 is 9.32 Å². The Morgan fingerprint density at radius 1 is 1.15 bits per heavy atom. The average Bonchev–Trinajstić information content (AvgIpc) is 3.14. The molecule has 0 radical (unpaired) electrons. The minimum absolute atomic E-state index is 0.109. The van der Waals surface area contributed by atoms with Crippen LogP contribution in [-0.4, -0.2) is 27.5 Å². The quantitative estimate of drug-likeness (QED) is 0.604. The lowest BCUT2D eigenvalue weighted by atomic mass is 10.2. The van der Waals surface area contributed by atoms with Gasteiger partial charge in [-0.15, -0.1) is 0 Å². The number of carbonyl (C=O) groups is 1. The first-order chi connectivity index (χ1) is 12.7. The topological polar surface area (TPSA) is 59.2 Å². The van der Waals surface area contributed by atoms with Crippen molar-refractivity contribution in [3.05, 3.63) is 77.2 Å². The van der Waals surface area contributed by atoms with Crippen LogP contribution in [0.1, 0.15) is 18.4 Å². The van der Waals surface area contributed by atoms with Crippen molar-refractivity contribution in [2.24, 2.45) is 0 Å². The Kier molecular flexibility index (Phi) is 5.81. The molecule has 1 aromatic heterocycles. The zero-order valence-corrected chi connectivity index (χ0v) is 15.1. The normalized spacial score (nSPS) is 11.0. The van der Waals surface area contributed by atoms with Gasteiger partial charge in [0.15, 0.2) is 0 Å². The minimum atomic E-state index is -0.109. The fraction of sp³-hybridized carbons (Fsp3) is 0.150. The molecular weight excluding hydrogens is 350 g/mol. The van der Waals surface area contributed by atoms with E-state index >= 15 is 0 Å². The highest BCUT2D eigenvalue weighted by Crippen LogP contribution is 2.19. The van der Waals surface area contributed by atoms with E-state index in [1.54, 1.807) is 29.2 Å². The largest absolute Gasteiger partial charge is 0.337 e. The molecule has 0 unspecified atom stereocenters. The van der Waals surface area contributed by atoms with E-state index in [-0.39, 0.29) is 12.5 Å². The van der Waals surface area contributed by atoms with Gasteiger partial charge in [0.25, 0.3) is 0 Å². The molecule has 1 heterocycles. The number of nitrogens with zero attached hydrogens (tertiary/aromatic N) is 3. The zero-order chi connectivity index (χ0) is 18.4. The Labute approximate surface area is 156 Å². The molecule has 0 spiro atoms. The van der Waals surface area contributed by atoms with E-state index in [2.05, 4.69) is 10.1 Å². The Bertz CT molecular complexity index is 889. The van der Waals surface area contributed by atoms with Gasteiger partial charge in [-0.3, -0.25) is 4.79 Å². The lowest BCUT2D eigenvalue weighted by Gasteiger charge is -2.16. The van der Waals surface area contributed by atoms with Gasteiger partial charge in [0.05, 0.1) is 0 Å². The van der Waals surface area contributed by atoms with Crippen LogP contribution in [0.3, 0.4) is 0 Å². The third-order valence-electron chi connectivity index (χ3n) is 3.81. The van der Waals surface area contributed by atoms with Crippen molar-refractivity contribution in [2.45, 2.75) is 13.5 Å². The molecule has 3 aromatic rings. The van der Waals surface area contributed by atoms with E-state index in [0.29, 0.717) is 23.3 Å². The van der Waals surface area contributed by atoms with Crippen LogP contribution in [0.2, 0.25) is 5.02 Å². The fourth-order valence-corrected chi connectivity index (χ4v) is 2.51.